The minimum absolute atomic E-state index is 0.263. The quantitative estimate of drug-likeness (QED) is 0.717. The van der Waals surface area contributed by atoms with Crippen LogP contribution in [0.1, 0.15) is 43.7 Å². The minimum Gasteiger partial charge on any atom is -0.375 e. The van der Waals surface area contributed by atoms with E-state index in [9.17, 15) is 5.26 Å². The van der Waals surface area contributed by atoms with Crippen molar-refractivity contribution in [1.29, 1.82) is 5.26 Å². The molecular formula is C20H23N4O+. The Hall–Kier alpha value is -2.58. The van der Waals surface area contributed by atoms with Crippen molar-refractivity contribution in [2.75, 3.05) is 18.5 Å². The minimum atomic E-state index is 0.263. The summed E-state index contributed by atoms with van der Waals surface area (Å²) in [5.41, 5.74) is 4.72. The molecule has 1 fully saturated rings. The van der Waals surface area contributed by atoms with Gasteiger partial charge in [0.25, 0.3) is 0 Å². The topological polar surface area (TPSA) is 64.9 Å². The number of imidazole rings is 1. The molecule has 1 atom stereocenters. The van der Waals surface area contributed by atoms with E-state index in [0.717, 1.165) is 54.1 Å². The molecule has 1 unspecified atom stereocenters. The molecule has 3 heterocycles. The lowest BCUT2D eigenvalue weighted by Crippen LogP contribution is -2.30. The van der Waals surface area contributed by atoms with Crippen LogP contribution in [0, 0.1) is 11.3 Å². The lowest BCUT2D eigenvalue weighted by Gasteiger charge is -2.13. The van der Waals surface area contributed by atoms with Crippen LogP contribution in [0.3, 0.4) is 0 Å². The average Bonchev–Trinajstić information content (AvgIpc) is 3.26. The lowest BCUT2D eigenvalue weighted by molar-refractivity contribution is -0.465. The Labute approximate surface area is 147 Å². The number of pyridine rings is 1. The fourth-order valence-electron chi connectivity index (χ4n) is 3.65. The van der Waals surface area contributed by atoms with Gasteiger partial charge < -0.3 is 10.1 Å². The molecule has 0 saturated carbocycles. The fraction of sp³-hybridized carbons (Fsp3) is 0.400. The second-order valence-electron chi connectivity index (χ2n) is 6.97. The molecule has 25 heavy (non-hydrogen) atoms. The molecule has 1 aliphatic rings. The summed E-state index contributed by atoms with van der Waals surface area (Å²) < 4.78 is 7.87. The number of nitrogens with one attached hydrogen (secondary N) is 2. The van der Waals surface area contributed by atoms with Gasteiger partial charge in [0.05, 0.1) is 12.6 Å². The number of hydrogen-bond donors (Lipinski definition) is 2. The molecule has 2 aromatic heterocycles. The average molecular weight is 335 g/mol. The summed E-state index contributed by atoms with van der Waals surface area (Å²) >= 11 is 0. The lowest BCUT2D eigenvalue weighted by atomic mass is 9.99. The Morgan fingerprint density at radius 2 is 2.24 bits per heavy atom. The van der Waals surface area contributed by atoms with E-state index in [1.807, 2.05) is 18.2 Å². The van der Waals surface area contributed by atoms with Gasteiger partial charge in [-0.1, -0.05) is 26.0 Å². The summed E-state index contributed by atoms with van der Waals surface area (Å²) in [6.45, 7) is 5.88. The summed E-state index contributed by atoms with van der Waals surface area (Å²) in [4.78, 5) is 3.43. The Balaban J connectivity index is 1.90. The maximum absolute atomic E-state index is 9.76. The third-order valence-electron chi connectivity index (χ3n) is 4.95. The van der Waals surface area contributed by atoms with Crippen molar-refractivity contribution in [3.8, 4) is 6.07 Å². The molecule has 1 saturated heterocycles. The monoisotopic (exact) mass is 335 g/mol. The number of hydrogen-bond acceptors (Lipinski definition) is 3. The first kappa shape index (κ1) is 15.9. The molecule has 0 radical (unpaired) electrons. The van der Waals surface area contributed by atoms with E-state index in [-0.39, 0.29) is 12.0 Å². The van der Waals surface area contributed by atoms with E-state index in [2.05, 4.69) is 46.8 Å². The zero-order chi connectivity index (χ0) is 17.4. The van der Waals surface area contributed by atoms with Gasteiger partial charge in [0.15, 0.2) is 0 Å². The number of para-hydroxylation sites is 2. The predicted octanol–water partition coefficient (Wildman–Crippen LogP) is 3.49. The van der Waals surface area contributed by atoms with E-state index in [1.165, 1.54) is 0 Å². The number of nitrogens with zero attached hydrogens (tertiary/aromatic N) is 2. The van der Waals surface area contributed by atoms with Crippen LogP contribution in [0.4, 0.5) is 5.82 Å². The normalized spacial score (nSPS) is 17.4. The Bertz CT molecular complexity index is 961. The number of anilines is 1. The van der Waals surface area contributed by atoms with Gasteiger partial charge >= 0.3 is 0 Å². The number of fused-ring (bicyclic) bond motifs is 3. The molecule has 1 aliphatic heterocycles. The Kier molecular flexibility index (Phi) is 4.06. The molecule has 128 valence electrons. The number of rotatable bonds is 4. The van der Waals surface area contributed by atoms with Gasteiger partial charge in [-0.2, -0.15) is 9.66 Å². The molecule has 0 spiro atoms. The molecule has 0 bridgehead atoms. The highest BCUT2D eigenvalue weighted by Crippen LogP contribution is 2.26. The predicted molar refractivity (Wildman–Crippen MR) is 97.7 cm³/mol. The van der Waals surface area contributed by atoms with Crippen molar-refractivity contribution in [3.63, 3.8) is 0 Å². The summed E-state index contributed by atoms with van der Waals surface area (Å²) in [5, 5.41) is 13.3. The molecule has 5 heteroatoms. The maximum Gasteiger partial charge on any atom is 0.250 e. The van der Waals surface area contributed by atoms with Gasteiger partial charge in [0, 0.05) is 12.7 Å². The van der Waals surface area contributed by atoms with Crippen molar-refractivity contribution in [1.82, 2.24) is 4.98 Å². The van der Waals surface area contributed by atoms with Crippen molar-refractivity contribution in [3.05, 3.63) is 41.5 Å². The van der Waals surface area contributed by atoms with E-state index in [1.54, 1.807) is 0 Å². The van der Waals surface area contributed by atoms with Crippen LogP contribution in [-0.4, -0.2) is 24.2 Å². The van der Waals surface area contributed by atoms with Gasteiger partial charge in [-0.05, 0) is 36.5 Å². The molecule has 1 aromatic carbocycles. The highest BCUT2D eigenvalue weighted by Gasteiger charge is 2.24. The van der Waals surface area contributed by atoms with Gasteiger partial charge in [-0.25, -0.2) is 0 Å². The fourth-order valence-corrected chi connectivity index (χ4v) is 3.65. The first-order valence-electron chi connectivity index (χ1n) is 8.94. The SMILES string of the molecule is CC(C)c1cc(NCC2CCCO2)[n+]2c([nH]c3ccccc32)c1C#N. The van der Waals surface area contributed by atoms with Crippen LogP contribution < -0.4 is 9.72 Å². The highest BCUT2D eigenvalue weighted by molar-refractivity contribution is 5.77. The Morgan fingerprint density at radius 1 is 1.40 bits per heavy atom. The smallest absolute Gasteiger partial charge is 0.250 e. The largest absolute Gasteiger partial charge is 0.375 e. The zero-order valence-corrected chi connectivity index (χ0v) is 14.7. The van der Waals surface area contributed by atoms with Crippen molar-refractivity contribution < 1.29 is 9.14 Å². The first-order valence-corrected chi connectivity index (χ1v) is 8.94. The molecule has 0 amide bonds. The van der Waals surface area contributed by atoms with Crippen LogP contribution in [0.2, 0.25) is 0 Å². The van der Waals surface area contributed by atoms with E-state index in [0.29, 0.717) is 5.56 Å². The second kappa shape index (κ2) is 6.38. The van der Waals surface area contributed by atoms with E-state index >= 15 is 0 Å². The molecule has 4 rings (SSSR count). The van der Waals surface area contributed by atoms with Crippen molar-refractivity contribution in [2.24, 2.45) is 0 Å². The summed E-state index contributed by atoms with van der Waals surface area (Å²) in [6.07, 6.45) is 2.49. The van der Waals surface area contributed by atoms with Crippen LogP contribution in [0.5, 0.6) is 0 Å². The molecule has 5 nitrogen and oxygen atoms in total. The van der Waals surface area contributed by atoms with Gasteiger partial charge in [-0.15, -0.1) is 0 Å². The number of benzene rings is 1. The zero-order valence-electron chi connectivity index (χ0n) is 14.7. The van der Waals surface area contributed by atoms with Crippen LogP contribution >= 0.6 is 0 Å². The molecule has 0 aliphatic carbocycles. The number of ether oxygens (including phenoxy) is 1. The first-order chi connectivity index (χ1) is 12.2. The molecule has 3 aromatic rings. The number of H-pyrrole nitrogens is 1. The second-order valence-corrected chi connectivity index (χ2v) is 6.97. The Morgan fingerprint density at radius 3 is 2.96 bits per heavy atom. The molecule has 2 N–H and O–H groups in total. The number of aromatic amines is 1. The van der Waals surface area contributed by atoms with Gasteiger partial charge in [0.2, 0.25) is 11.5 Å². The summed E-state index contributed by atoms with van der Waals surface area (Å²) in [6, 6.07) is 12.7. The third kappa shape index (κ3) is 2.73. The van der Waals surface area contributed by atoms with E-state index < -0.39 is 0 Å². The van der Waals surface area contributed by atoms with Crippen LogP contribution in [0.25, 0.3) is 16.7 Å². The van der Waals surface area contributed by atoms with E-state index in [4.69, 9.17) is 4.74 Å². The standard InChI is InChI=1S/C20H22N4O/c1-13(2)15-10-19(22-12-14-6-5-9-25-14)24-18-8-4-3-7-17(18)23-20(24)16(15)11-21/h3-4,7-8,10,13-14H,5-6,9,12H2,1-2H3,(H,22,23)/p+1. The van der Waals surface area contributed by atoms with Gasteiger partial charge in [-0.3, -0.25) is 4.98 Å². The van der Waals surface area contributed by atoms with Crippen LogP contribution in [-0.2, 0) is 4.74 Å². The van der Waals surface area contributed by atoms with Crippen molar-refractivity contribution in [2.45, 2.75) is 38.7 Å². The summed E-state index contributed by atoms with van der Waals surface area (Å²) in [7, 11) is 0. The van der Waals surface area contributed by atoms with Crippen LogP contribution in [0.15, 0.2) is 30.3 Å². The maximum atomic E-state index is 9.76. The highest BCUT2D eigenvalue weighted by atomic mass is 16.5. The number of aromatic nitrogens is 2. The number of nitriles is 1. The molecular weight excluding hydrogens is 312 g/mol. The summed E-state index contributed by atoms with van der Waals surface area (Å²) in [5.74, 6) is 1.28. The van der Waals surface area contributed by atoms with Gasteiger partial charge in [0.1, 0.15) is 22.7 Å². The van der Waals surface area contributed by atoms with Crippen molar-refractivity contribution >= 4 is 22.5 Å². The third-order valence-corrected chi connectivity index (χ3v) is 4.95.